The zero-order chi connectivity index (χ0) is 8.43. The number of aryl methyl sites for hydroxylation is 2. The van der Waals surface area contributed by atoms with Gasteiger partial charge in [-0.2, -0.15) is 0 Å². The lowest BCUT2D eigenvalue weighted by molar-refractivity contribution is -0.677. The average Bonchev–Trinajstić information content (AvgIpc) is 2.17. The summed E-state index contributed by atoms with van der Waals surface area (Å²) < 4.78 is 4.52. The molecule has 0 unspecified atom stereocenters. The van der Waals surface area contributed by atoms with Crippen LogP contribution in [-0.2, 0) is 13.6 Å². The van der Waals surface area contributed by atoms with Crippen molar-refractivity contribution in [2.75, 3.05) is 0 Å². The molecule has 0 radical (unpaired) electrons. The maximum atomic E-state index is 2.35. The first-order valence-electron chi connectivity index (χ1n) is 4.19. The maximum Gasteiger partial charge on any atom is 0.253 e. The summed E-state index contributed by atoms with van der Waals surface area (Å²) in [6.45, 7) is 7.66. The zero-order valence-electron chi connectivity index (χ0n) is 7.89. The predicted octanol–water partition coefficient (Wildman–Crippen LogP) is 1.34. The molecule has 0 atom stereocenters. The van der Waals surface area contributed by atoms with Crippen molar-refractivity contribution < 1.29 is 4.57 Å². The third kappa shape index (κ3) is 1.44. The fourth-order valence-corrected chi connectivity index (χ4v) is 1.45. The van der Waals surface area contributed by atoms with Gasteiger partial charge in [0.2, 0.25) is 0 Å². The quantitative estimate of drug-likeness (QED) is 0.567. The number of imidazole rings is 1. The Morgan fingerprint density at radius 2 is 2.09 bits per heavy atom. The van der Waals surface area contributed by atoms with Crippen molar-refractivity contribution in [2.45, 2.75) is 33.7 Å². The second-order valence-electron chi connectivity index (χ2n) is 3.08. The SMILES string of the molecule is CCCn1c(C)c[n+](C)c1C. The normalized spacial score (nSPS) is 10.5. The highest BCUT2D eigenvalue weighted by Gasteiger charge is 2.11. The summed E-state index contributed by atoms with van der Waals surface area (Å²) in [5.41, 5.74) is 1.35. The molecule has 62 valence electrons. The van der Waals surface area contributed by atoms with E-state index in [1.54, 1.807) is 0 Å². The van der Waals surface area contributed by atoms with Crippen molar-refractivity contribution in [1.29, 1.82) is 0 Å². The van der Waals surface area contributed by atoms with E-state index in [2.05, 4.69) is 43.1 Å². The van der Waals surface area contributed by atoms with Gasteiger partial charge in [0.05, 0.1) is 13.6 Å². The van der Waals surface area contributed by atoms with E-state index >= 15 is 0 Å². The highest BCUT2D eigenvalue weighted by molar-refractivity contribution is 4.94. The fourth-order valence-electron chi connectivity index (χ4n) is 1.45. The molecule has 1 heterocycles. The van der Waals surface area contributed by atoms with Crippen LogP contribution in [0.4, 0.5) is 0 Å². The van der Waals surface area contributed by atoms with Crippen LogP contribution in [-0.4, -0.2) is 4.57 Å². The van der Waals surface area contributed by atoms with Crippen LogP contribution >= 0.6 is 0 Å². The average molecular weight is 153 g/mol. The van der Waals surface area contributed by atoms with Gasteiger partial charge in [0.25, 0.3) is 5.82 Å². The largest absolute Gasteiger partial charge is 0.253 e. The van der Waals surface area contributed by atoms with E-state index in [9.17, 15) is 0 Å². The van der Waals surface area contributed by atoms with Gasteiger partial charge in [-0.3, -0.25) is 0 Å². The van der Waals surface area contributed by atoms with E-state index in [-0.39, 0.29) is 0 Å². The van der Waals surface area contributed by atoms with Crippen molar-refractivity contribution in [1.82, 2.24) is 4.57 Å². The molecule has 0 saturated heterocycles. The first-order valence-corrected chi connectivity index (χ1v) is 4.19. The van der Waals surface area contributed by atoms with Gasteiger partial charge >= 0.3 is 0 Å². The molecule has 0 bridgehead atoms. The van der Waals surface area contributed by atoms with Gasteiger partial charge in [-0.05, 0) is 6.42 Å². The molecule has 11 heavy (non-hydrogen) atoms. The fraction of sp³-hybridized carbons (Fsp3) is 0.667. The molecule has 1 rings (SSSR count). The number of nitrogens with zero attached hydrogens (tertiary/aromatic N) is 2. The number of aromatic nitrogens is 2. The van der Waals surface area contributed by atoms with E-state index in [1.807, 2.05) is 0 Å². The Morgan fingerprint density at radius 1 is 1.45 bits per heavy atom. The highest BCUT2D eigenvalue weighted by Crippen LogP contribution is 2.01. The molecular formula is C9H17N2+. The van der Waals surface area contributed by atoms with Crippen LogP contribution in [0.5, 0.6) is 0 Å². The summed E-state index contributed by atoms with van der Waals surface area (Å²) in [5.74, 6) is 1.34. The molecule has 1 aromatic rings. The van der Waals surface area contributed by atoms with Gasteiger partial charge in [-0.25, -0.2) is 9.13 Å². The molecule has 0 amide bonds. The van der Waals surface area contributed by atoms with E-state index in [0.29, 0.717) is 0 Å². The Kier molecular flexibility index (Phi) is 2.32. The Bertz CT molecular complexity index is 248. The molecule has 0 spiro atoms. The molecule has 0 N–H and O–H groups in total. The zero-order valence-corrected chi connectivity index (χ0v) is 7.89. The molecule has 2 nitrogen and oxygen atoms in total. The van der Waals surface area contributed by atoms with Crippen molar-refractivity contribution in [2.24, 2.45) is 7.05 Å². The lowest BCUT2D eigenvalue weighted by Crippen LogP contribution is -2.29. The molecular weight excluding hydrogens is 136 g/mol. The molecule has 2 heteroatoms. The second kappa shape index (κ2) is 3.07. The molecule has 0 aromatic carbocycles. The monoisotopic (exact) mass is 153 g/mol. The van der Waals surface area contributed by atoms with Crippen molar-refractivity contribution in [3.05, 3.63) is 17.7 Å². The minimum Gasteiger partial charge on any atom is -0.237 e. The number of hydrogen-bond acceptors (Lipinski definition) is 0. The van der Waals surface area contributed by atoms with Gasteiger partial charge in [-0.15, -0.1) is 0 Å². The molecule has 0 saturated carbocycles. The lowest BCUT2D eigenvalue weighted by Gasteiger charge is -1.96. The van der Waals surface area contributed by atoms with E-state index < -0.39 is 0 Å². The van der Waals surface area contributed by atoms with Gasteiger partial charge in [-0.1, -0.05) is 6.92 Å². The van der Waals surface area contributed by atoms with Gasteiger partial charge in [0.15, 0.2) is 0 Å². The van der Waals surface area contributed by atoms with Gasteiger partial charge in [0.1, 0.15) is 11.9 Å². The Morgan fingerprint density at radius 3 is 2.45 bits per heavy atom. The summed E-state index contributed by atoms with van der Waals surface area (Å²) >= 11 is 0. The third-order valence-electron chi connectivity index (χ3n) is 2.15. The first kappa shape index (κ1) is 8.31. The molecule has 0 aliphatic carbocycles. The first-order chi connectivity index (χ1) is 5.16. The molecule has 0 aliphatic rings. The summed E-state index contributed by atoms with van der Waals surface area (Å²) in [6.07, 6.45) is 3.38. The third-order valence-corrected chi connectivity index (χ3v) is 2.15. The molecule has 0 fully saturated rings. The highest BCUT2D eigenvalue weighted by atomic mass is 15.1. The summed E-state index contributed by atoms with van der Waals surface area (Å²) in [6, 6.07) is 0. The van der Waals surface area contributed by atoms with E-state index in [1.165, 1.54) is 17.9 Å². The smallest absolute Gasteiger partial charge is 0.237 e. The summed E-state index contributed by atoms with van der Waals surface area (Å²) in [4.78, 5) is 0. The Balaban J connectivity index is 3.02. The summed E-state index contributed by atoms with van der Waals surface area (Å²) in [5, 5.41) is 0. The maximum absolute atomic E-state index is 2.35. The predicted molar refractivity (Wildman–Crippen MR) is 45.4 cm³/mol. The second-order valence-corrected chi connectivity index (χ2v) is 3.08. The molecule has 1 aromatic heterocycles. The number of rotatable bonds is 2. The van der Waals surface area contributed by atoms with Crippen LogP contribution in [0.25, 0.3) is 0 Å². The van der Waals surface area contributed by atoms with Crippen LogP contribution in [0.15, 0.2) is 6.20 Å². The van der Waals surface area contributed by atoms with Crippen molar-refractivity contribution >= 4 is 0 Å². The van der Waals surface area contributed by atoms with Crippen LogP contribution < -0.4 is 4.57 Å². The number of hydrogen-bond donors (Lipinski definition) is 0. The van der Waals surface area contributed by atoms with Gasteiger partial charge < -0.3 is 0 Å². The lowest BCUT2D eigenvalue weighted by atomic mass is 10.4. The van der Waals surface area contributed by atoms with Crippen LogP contribution in [0.1, 0.15) is 24.9 Å². The van der Waals surface area contributed by atoms with Gasteiger partial charge in [0, 0.05) is 13.8 Å². The van der Waals surface area contributed by atoms with E-state index in [0.717, 1.165) is 6.54 Å². The standard InChI is InChI=1S/C9H17N2/c1-5-6-11-8(2)7-10(4)9(11)3/h7H,5-6H2,1-4H3/q+1. The molecule has 0 aliphatic heterocycles. The Labute approximate surface area is 68.5 Å². The minimum absolute atomic E-state index is 1.14. The van der Waals surface area contributed by atoms with Crippen LogP contribution in [0.2, 0.25) is 0 Å². The van der Waals surface area contributed by atoms with Crippen molar-refractivity contribution in [3.8, 4) is 0 Å². The van der Waals surface area contributed by atoms with E-state index in [4.69, 9.17) is 0 Å². The van der Waals surface area contributed by atoms with Crippen LogP contribution in [0, 0.1) is 13.8 Å². The topological polar surface area (TPSA) is 8.81 Å². The van der Waals surface area contributed by atoms with Crippen LogP contribution in [0.3, 0.4) is 0 Å². The Hall–Kier alpha value is -0.790. The summed E-state index contributed by atoms with van der Waals surface area (Å²) in [7, 11) is 2.09. The minimum atomic E-state index is 1.14. The van der Waals surface area contributed by atoms with Crippen molar-refractivity contribution in [3.63, 3.8) is 0 Å².